The molecular weight excluding hydrogens is 308 g/mol. The summed E-state index contributed by atoms with van der Waals surface area (Å²) in [6.45, 7) is 5.26. The van der Waals surface area contributed by atoms with E-state index in [0.29, 0.717) is 32.7 Å². The Hall–Kier alpha value is -1.18. The zero-order valence-corrected chi connectivity index (χ0v) is 15.3. The number of carbonyl (C=O) groups is 2. The van der Waals surface area contributed by atoms with Gasteiger partial charge in [0.15, 0.2) is 0 Å². The number of carbonyl (C=O) groups excluding carboxylic acids is 2. The maximum atomic E-state index is 12.5. The molecule has 0 aromatic carbocycles. The number of methoxy groups -OCH3 is 1. The molecule has 2 heterocycles. The van der Waals surface area contributed by atoms with Crippen LogP contribution in [0, 0.1) is 11.3 Å². The molecule has 0 spiro atoms. The number of amides is 2. The van der Waals surface area contributed by atoms with Crippen LogP contribution in [-0.4, -0.2) is 88.7 Å². The second-order valence-electron chi connectivity index (χ2n) is 7.44. The van der Waals surface area contributed by atoms with Crippen LogP contribution in [0.5, 0.6) is 0 Å². The van der Waals surface area contributed by atoms with Crippen molar-refractivity contribution >= 4 is 11.8 Å². The van der Waals surface area contributed by atoms with Gasteiger partial charge in [-0.3, -0.25) is 9.59 Å². The smallest absolute Gasteiger partial charge is 0.225 e. The molecule has 1 atom stereocenters. The van der Waals surface area contributed by atoms with E-state index in [1.165, 1.54) is 0 Å². The number of rotatable bonds is 8. The van der Waals surface area contributed by atoms with Crippen molar-refractivity contribution in [2.75, 3.05) is 67.1 Å². The summed E-state index contributed by atoms with van der Waals surface area (Å²) >= 11 is 0. The standard InChI is InChI=1S/C17H32N4O3/c1-20(2)8-9-21-11-14(10-15(21)22)16(23)19-12-17(13-24-3)4-6-18-7-5-17/h14,18H,4-13H2,1-3H3,(H,19,23). The molecule has 1 unspecified atom stereocenters. The SMILES string of the molecule is COCC1(CNC(=O)C2CC(=O)N(CCN(C)C)C2)CCNCC1. The molecule has 0 aliphatic carbocycles. The third-order valence-electron chi connectivity index (χ3n) is 5.15. The van der Waals surface area contributed by atoms with Gasteiger partial charge in [-0.25, -0.2) is 0 Å². The summed E-state index contributed by atoms with van der Waals surface area (Å²) in [5.41, 5.74) is 0.0167. The van der Waals surface area contributed by atoms with Crippen LogP contribution in [0.3, 0.4) is 0 Å². The molecule has 0 aromatic rings. The Labute approximate surface area is 145 Å². The Balaban J connectivity index is 1.82. The van der Waals surface area contributed by atoms with Crippen molar-refractivity contribution in [3.63, 3.8) is 0 Å². The molecule has 7 heteroatoms. The zero-order chi connectivity index (χ0) is 17.6. The van der Waals surface area contributed by atoms with Crippen LogP contribution in [0.2, 0.25) is 0 Å². The molecule has 138 valence electrons. The highest BCUT2D eigenvalue weighted by atomic mass is 16.5. The van der Waals surface area contributed by atoms with Crippen LogP contribution in [0.4, 0.5) is 0 Å². The highest BCUT2D eigenvalue weighted by Gasteiger charge is 2.36. The third-order valence-corrected chi connectivity index (χ3v) is 5.15. The van der Waals surface area contributed by atoms with Gasteiger partial charge in [-0.2, -0.15) is 0 Å². The van der Waals surface area contributed by atoms with Gasteiger partial charge in [-0.15, -0.1) is 0 Å². The van der Waals surface area contributed by atoms with Gasteiger partial charge in [0.1, 0.15) is 0 Å². The van der Waals surface area contributed by atoms with Crippen molar-refractivity contribution in [1.82, 2.24) is 20.4 Å². The Kier molecular flexibility index (Phi) is 7.01. The van der Waals surface area contributed by atoms with E-state index in [2.05, 4.69) is 10.6 Å². The summed E-state index contributed by atoms with van der Waals surface area (Å²) in [5, 5.41) is 6.44. The fraction of sp³-hybridized carbons (Fsp3) is 0.882. The lowest BCUT2D eigenvalue weighted by Gasteiger charge is -2.37. The number of hydrogen-bond acceptors (Lipinski definition) is 5. The summed E-state index contributed by atoms with van der Waals surface area (Å²) in [5.74, 6) is -0.129. The first-order chi connectivity index (χ1) is 11.5. The number of piperidine rings is 1. The van der Waals surface area contributed by atoms with Gasteiger partial charge >= 0.3 is 0 Å². The molecule has 2 N–H and O–H groups in total. The molecule has 7 nitrogen and oxygen atoms in total. The summed E-state index contributed by atoms with van der Waals surface area (Å²) in [6, 6.07) is 0. The van der Waals surface area contributed by atoms with Crippen LogP contribution in [0.1, 0.15) is 19.3 Å². The molecule has 2 fully saturated rings. The molecular formula is C17H32N4O3. The van der Waals surface area contributed by atoms with E-state index in [1.54, 1.807) is 12.0 Å². The normalized spacial score (nSPS) is 23.8. The molecule has 2 amide bonds. The van der Waals surface area contributed by atoms with E-state index in [0.717, 1.165) is 32.5 Å². The quantitative estimate of drug-likeness (QED) is 0.625. The minimum Gasteiger partial charge on any atom is -0.384 e. The first kappa shape index (κ1) is 19.1. The molecule has 0 saturated carbocycles. The van der Waals surface area contributed by atoms with Gasteiger partial charge in [0.25, 0.3) is 0 Å². The fourth-order valence-corrected chi connectivity index (χ4v) is 3.54. The van der Waals surface area contributed by atoms with Gasteiger partial charge in [-0.05, 0) is 40.0 Å². The number of likely N-dealkylation sites (N-methyl/N-ethyl adjacent to an activating group) is 1. The zero-order valence-electron chi connectivity index (χ0n) is 15.3. The van der Waals surface area contributed by atoms with E-state index in [9.17, 15) is 9.59 Å². The van der Waals surface area contributed by atoms with E-state index < -0.39 is 0 Å². The minimum absolute atomic E-state index is 0.00436. The first-order valence-electron chi connectivity index (χ1n) is 8.86. The number of hydrogen-bond donors (Lipinski definition) is 2. The molecule has 2 aliphatic rings. The first-order valence-corrected chi connectivity index (χ1v) is 8.86. The van der Waals surface area contributed by atoms with E-state index in [1.807, 2.05) is 19.0 Å². The van der Waals surface area contributed by atoms with Crippen LogP contribution < -0.4 is 10.6 Å². The molecule has 0 aromatic heterocycles. The Morgan fingerprint density at radius 3 is 2.75 bits per heavy atom. The van der Waals surface area contributed by atoms with E-state index in [4.69, 9.17) is 4.74 Å². The highest BCUT2D eigenvalue weighted by molar-refractivity contribution is 5.89. The van der Waals surface area contributed by atoms with Crippen molar-refractivity contribution in [3.05, 3.63) is 0 Å². The predicted molar refractivity (Wildman–Crippen MR) is 92.7 cm³/mol. The number of nitrogens with zero attached hydrogens (tertiary/aromatic N) is 2. The number of ether oxygens (including phenoxy) is 1. The monoisotopic (exact) mass is 340 g/mol. The average Bonchev–Trinajstić information content (AvgIpc) is 2.93. The summed E-state index contributed by atoms with van der Waals surface area (Å²) in [4.78, 5) is 28.4. The lowest BCUT2D eigenvalue weighted by atomic mass is 9.79. The van der Waals surface area contributed by atoms with Crippen molar-refractivity contribution in [2.45, 2.75) is 19.3 Å². The van der Waals surface area contributed by atoms with Gasteiger partial charge in [-0.1, -0.05) is 0 Å². The van der Waals surface area contributed by atoms with Crippen LogP contribution in [0.25, 0.3) is 0 Å². The molecule has 2 aliphatic heterocycles. The third kappa shape index (κ3) is 5.16. The van der Waals surface area contributed by atoms with Crippen molar-refractivity contribution < 1.29 is 14.3 Å². The maximum absolute atomic E-state index is 12.5. The summed E-state index contributed by atoms with van der Waals surface area (Å²) in [7, 11) is 5.68. The predicted octanol–water partition coefficient (Wildman–Crippen LogP) is -0.471. The van der Waals surface area contributed by atoms with Gasteiger partial charge in [0.05, 0.1) is 12.5 Å². The average molecular weight is 340 g/mol. The Morgan fingerprint density at radius 1 is 1.42 bits per heavy atom. The van der Waals surface area contributed by atoms with Crippen molar-refractivity contribution in [1.29, 1.82) is 0 Å². The van der Waals surface area contributed by atoms with Gasteiger partial charge in [0.2, 0.25) is 11.8 Å². The largest absolute Gasteiger partial charge is 0.384 e. The van der Waals surface area contributed by atoms with Gasteiger partial charge < -0.3 is 25.2 Å². The fourth-order valence-electron chi connectivity index (χ4n) is 3.54. The Morgan fingerprint density at radius 2 is 2.12 bits per heavy atom. The Bertz CT molecular complexity index is 430. The second-order valence-corrected chi connectivity index (χ2v) is 7.44. The van der Waals surface area contributed by atoms with E-state index >= 15 is 0 Å². The van der Waals surface area contributed by atoms with Crippen molar-refractivity contribution in [3.8, 4) is 0 Å². The molecule has 24 heavy (non-hydrogen) atoms. The van der Waals surface area contributed by atoms with Crippen molar-refractivity contribution in [2.24, 2.45) is 11.3 Å². The maximum Gasteiger partial charge on any atom is 0.225 e. The second kappa shape index (κ2) is 8.78. The lowest BCUT2D eigenvalue weighted by molar-refractivity contribution is -0.129. The number of likely N-dealkylation sites (tertiary alicyclic amines) is 1. The summed E-state index contributed by atoms with van der Waals surface area (Å²) in [6.07, 6.45) is 2.33. The van der Waals surface area contributed by atoms with E-state index in [-0.39, 0.29) is 23.1 Å². The molecule has 0 radical (unpaired) electrons. The summed E-state index contributed by atoms with van der Waals surface area (Å²) < 4.78 is 5.38. The van der Waals surface area contributed by atoms with Gasteiger partial charge in [0, 0.05) is 45.1 Å². The van der Waals surface area contributed by atoms with Crippen LogP contribution in [0.15, 0.2) is 0 Å². The molecule has 0 bridgehead atoms. The van der Waals surface area contributed by atoms with Crippen LogP contribution in [-0.2, 0) is 14.3 Å². The molecule has 2 rings (SSSR count). The lowest BCUT2D eigenvalue weighted by Crippen LogP contribution is -2.48. The topological polar surface area (TPSA) is 73.9 Å². The highest BCUT2D eigenvalue weighted by Crippen LogP contribution is 2.28. The van der Waals surface area contributed by atoms with Crippen LogP contribution >= 0.6 is 0 Å². The minimum atomic E-state index is -0.221. The molecule has 2 saturated heterocycles. The number of nitrogens with one attached hydrogen (secondary N) is 2.